The second-order valence-electron chi connectivity index (χ2n) is 13.3. The van der Waals surface area contributed by atoms with Gasteiger partial charge in [0.1, 0.15) is 17.6 Å². The van der Waals surface area contributed by atoms with Crippen molar-refractivity contribution in [2.24, 2.45) is 17.3 Å². The fraction of sp³-hybridized carbons (Fsp3) is 0.645. The van der Waals surface area contributed by atoms with Crippen molar-refractivity contribution in [3.8, 4) is 0 Å². The molecule has 3 heterocycles. The average Bonchev–Trinajstić information content (AvgIpc) is 3.46. The van der Waals surface area contributed by atoms with Crippen LogP contribution in [0.1, 0.15) is 78.8 Å². The topological polar surface area (TPSA) is 107 Å². The van der Waals surface area contributed by atoms with Crippen molar-refractivity contribution in [1.29, 1.82) is 0 Å². The van der Waals surface area contributed by atoms with Crippen LogP contribution in [-0.4, -0.2) is 73.7 Å². The minimum Gasteiger partial charge on any atom is -0.481 e. The second-order valence-corrected chi connectivity index (χ2v) is 13.3. The van der Waals surface area contributed by atoms with Crippen LogP contribution in [0.4, 0.5) is 0 Å². The van der Waals surface area contributed by atoms with E-state index in [4.69, 9.17) is 4.74 Å². The molecule has 0 saturated carbocycles. The van der Waals surface area contributed by atoms with E-state index in [-0.39, 0.29) is 17.9 Å². The van der Waals surface area contributed by atoms with E-state index in [0.29, 0.717) is 31.2 Å². The van der Waals surface area contributed by atoms with Gasteiger partial charge in [0.2, 0.25) is 11.8 Å². The highest BCUT2D eigenvalue weighted by Gasteiger charge is 2.79. The number of carbonyl (C=O) groups is 3. The molecule has 0 radical (unpaired) electrons. The summed E-state index contributed by atoms with van der Waals surface area (Å²) in [5, 5.41) is 21.0. The van der Waals surface area contributed by atoms with Gasteiger partial charge in [0.15, 0.2) is 0 Å². The van der Waals surface area contributed by atoms with Crippen molar-refractivity contribution in [2.75, 3.05) is 13.2 Å². The molecule has 1 aromatic carbocycles. The first-order valence-electron chi connectivity index (χ1n) is 14.0. The van der Waals surface area contributed by atoms with Crippen LogP contribution >= 0.6 is 0 Å². The molecule has 6 atom stereocenters. The molecule has 8 heteroatoms. The van der Waals surface area contributed by atoms with E-state index in [2.05, 4.69) is 27.4 Å². The normalized spacial score (nSPS) is 30.8. The summed E-state index contributed by atoms with van der Waals surface area (Å²) < 4.78 is 6.70. The van der Waals surface area contributed by atoms with Gasteiger partial charge in [-0.25, -0.2) is 0 Å². The quantitative estimate of drug-likeness (QED) is 0.431. The number of aliphatic carboxylic acids is 1. The van der Waals surface area contributed by atoms with E-state index < -0.39 is 59.1 Å². The van der Waals surface area contributed by atoms with Gasteiger partial charge in [0.25, 0.3) is 0 Å². The van der Waals surface area contributed by atoms with Crippen molar-refractivity contribution in [3.05, 3.63) is 48.6 Å². The number of carboxylic acids is 1. The summed E-state index contributed by atoms with van der Waals surface area (Å²) in [6.45, 7) is 16.0. The molecule has 1 spiro atoms. The third-order valence-electron chi connectivity index (χ3n) is 9.08. The number of hydrogen-bond acceptors (Lipinski definition) is 5. The standard InChI is InChI=1S/C31H44N2O6/c1-8-17-32(29(6,7)19-28(3,4)5)26(36)24-31-16-15-30(9-2,39-31)23(27(37)38)22(31)25(35)33(24)21(18-34)20-13-11-10-12-14-20/h8,10-14,21-24,34H,1,9,15-19H2,2-7H3,(H,37,38)/t21-,22+,23-,24?,30+,31?/m1/s1. The summed E-state index contributed by atoms with van der Waals surface area (Å²) in [4.78, 5) is 45.1. The van der Waals surface area contributed by atoms with Crippen LogP contribution in [0.5, 0.6) is 0 Å². The van der Waals surface area contributed by atoms with Gasteiger partial charge in [-0.3, -0.25) is 14.4 Å². The average molecular weight is 541 g/mol. The number of aliphatic hydroxyl groups excluding tert-OH is 1. The number of ether oxygens (including phenoxy) is 1. The first-order valence-corrected chi connectivity index (χ1v) is 14.0. The minimum atomic E-state index is -1.29. The third-order valence-corrected chi connectivity index (χ3v) is 9.08. The van der Waals surface area contributed by atoms with Gasteiger partial charge in [-0.05, 0) is 50.5 Å². The SMILES string of the molecule is C=CCN(C(=O)C1N([C@H](CO)c2ccccc2)C(=O)[C@@H]2[C@H](C(=O)O)[C@]3(CC)CCC12O3)C(C)(C)CC(C)(C)C. The molecule has 2 bridgehead atoms. The van der Waals surface area contributed by atoms with E-state index in [1.165, 1.54) is 4.90 Å². The Hall–Kier alpha value is -2.71. The lowest BCUT2D eigenvalue weighted by Crippen LogP contribution is -2.61. The van der Waals surface area contributed by atoms with Crippen molar-refractivity contribution >= 4 is 17.8 Å². The first kappa shape index (κ1) is 29.3. The number of aliphatic hydroxyl groups is 1. The summed E-state index contributed by atoms with van der Waals surface area (Å²) in [7, 11) is 0. The highest BCUT2D eigenvalue weighted by Crippen LogP contribution is 2.65. The van der Waals surface area contributed by atoms with Gasteiger partial charge in [-0.2, -0.15) is 0 Å². The minimum absolute atomic E-state index is 0.0874. The number of carboxylic acid groups (broad SMARTS) is 1. The molecule has 3 aliphatic heterocycles. The van der Waals surface area contributed by atoms with Crippen molar-refractivity contribution in [1.82, 2.24) is 9.80 Å². The highest BCUT2D eigenvalue weighted by atomic mass is 16.5. The molecule has 3 aliphatic rings. The van der Waals surface area contributed by atoms with Crippen LogP contribution in [0, 0.1) is 17.3 Å². The van der Waals surface area contributed by atoms with Crippen LogP contribution in [0.15, 0.2) is 43.0 Å². The zero-order valence-corrected chi connectivity index (χ0v) is 24.1. The van der Waals surface area contributed by atoms with Crippen molar-refractivity contribution in [3.63, 3.8) is 0 Å². The number of carbonyl (C=O) groups excluding carboxylic acids is 2. The Morgan fingerprint density at radius 1 is 1.21 bits per heavy atom. The lowest BCUT2D eigenvalue weighted by molar-refractivity contribution is -0.162. The monoisotopic (exact) mass is 540 g/mol. The predicted molar refractivity (Wildman–Crippen MR) is 148 cm³/mol. The highest BCUT2D eigenvalue weighted by molar-refractivity contribution is 5.99. The molecule has 8 nitrogen and oxygen atoms in total. The molecule has 1 aromatic rings. The van der Waals surface area contributed by atoms with E-state index in [1.807, 2.05) is 51.1 Å². The Labute approximate surface area is 232 Å². The van der Waals surface area contributed by atoms with Gasteiger partial charge < -0.3 is 24.7 Å². The molecule has 0 aromatic heterocycles. The number of rotatable bonds is 10. The van der Waals surface area contributed by atoms with Gasteiger partial charge >= 0.3 is 5.97 Å². The van der Waals surface area contributed by atoms with Crippen molar-refractivity contribution < 1.29 is 29.3 Å². The number of benzene rings is 1. The number of likely N-dealkylation sites (tertiary alicyclic amines) is 1. The number of nitrogens with zero attached hydrogens (tertiary/aromatic N) is 2. The molecule has 214 valence electrons. The number of amides is 2. The summed E-state index contributed by atoms with van der Waals surface area (Å²) in [5.41, 5.74) is -2.29. The second kappa shape index (κ2) is 10.0. The van der Waals surface area contributed by atoms with Crippen LogP contribution in [0.25, 0.3) is 0 Å². The number of hydrogen-bond donors (Lipinski definition) is 2. The fourth-order valence-corrected chi connectivity index (χ4v) is 7.98. The maximum absolute atomic E-state index is 14.8. The lowest BCUT2D eigenvalue weighted by Gasteiger charge is -2.46. The lowest BCUT2D eigenvalue weighted by atomic mass is 9.65. The summed E-state index contributed by atoms with van der Waals surface area (Å²) >= 11 is 0. The van der Waals surface area contributed by atoms with E-state index in [1.54, 1.807) is 11.0 Å². The Morgan fingerprint density at radius 2 is 1.85 bits per heavy atom. The zero-order chi connectivity index (χ0) is 29.0. The van der Waals surface area contributed by atoms with Gasteiger partial charge in [-0.15, -0.1) is 6.58 Å². The Kier molecular flexibility index (Phi) is 7.54. The molecule has 3 saturated heterocycles. The number of fused-ring (bicyclic) bond motifs is 1. The maximum Gasteiger partial charge on any atom is 0.310 e. The van der Waals surface area contributed by atoms with Crippen LogP contribution < -0.4 is 0 Å². The van der Waals surface area contributed by atoms with Gasteiger partial charge in [0.05, 0.1) is 24.2 Å². The molecular weight excluding hydrogens is 496 g/mol. The summed E-state index contributed by atoms with van der Waals surface area (Å²) in [6.07, 6.45) is 3.67. The molecule has 4 rings (SSSR count). The fourth-order valence-electron chi connectivity index (χ4n) is 7.98. The molecular formula is C31H44N2O6. The summed E-state index contributed by atoms with van der Waals surface area (Å²) in [5.74, 6) is -3.89. The van der Waals surface area contributed by atoms with Crippen molar-refractivity contribution in [2.45, 2.75) is 96.1 Å². The summed E-state index contributed by atoms with van der Waals surface area (Å²) in [6, 6.07) is 7.21. The molecule has 2 N–H and O–H groups in total. The maximum atomic E-state index is 14.8. The van der Waals surface area contributed by atoms with Crippen LogP contribution in [-0.2, 0) is 19.1 Å². The first-order chi connectivity index (χ1) is 18.2. The Balaban J connectivity index is 1.90. The molecule has 2 unspecified atom stereocenters. The third kappa shape index (κ3) is 4.59. The smallest absolute Gasteiger partial charge is 0.310 e. The largest absolute Gasteiger partial charge is 0.481 e. The van der Waals surface area contributed by atoms with Crippen LogP contribution in [0.3, 0.4) is 0 Å². The van der Waals surface area contributed by atoms with Gasteiger partial charge in [-0.1, -0.05) is 64.1 Å². The predicted octanol–water partition coefficient (Wildman–Crippen LogP) is 4.19. The van der Waals surface area contributed by atoms with E-state index >= 15 is 0 Å². The van der Waals surface area contributed by atoms with E-state index in [0.717, 1.165) is 0 Å². The Morgan fingerprint density at radius 3 is 2.36 bits per heavy atom. The zero-order valence-electron chi connectivity index (χ0n) is 24.1. The van der Waals surface area contributed by atoms with Gasteiger partial charge in [0, 0.05) is 12.1 Å². The molecule has 0 aliphatic carbocycles. The van der Waals surface area contributed by atoms with E-state index in [9.17, 15) is 24.6 Å². The van der Waals surface area contributed by atoms with Crippen LogP contribution in [0.2, 0.25) is 0 Å². The molecule has 39 heavy (non-hydrogen) atoms. The Bertz CT molecular complexity index is 1130. The molecule has 2 amide bonds. The molecule has 3 fully saturated rings.